The lowest BCUT2D eigenvalue weighted by Gasteiger charge is -2.10. The summed E-state index contributed by atoms with van der Waals surface area (Å²) in [7, 11) is 1.29. The van der Waals surface area contributed by atoms with E-state index in [0.29, 0.717) is 5.82 Å². The number of ether oxygens (including phenoxy) is 1. The Hall–Kier alpha value is -2.09. The Balaban J connectivity index is 2.72. The van der Waals surface area contributed by atoms with Crippen molar-refractivity contribution in [3.63, 3.8) is 0 Å². The zero-order valence-corrected chi connectivity index (χ0v) is 9.23. The zero-order chi connectivity index (χ0) is 12.0. The molecule has 0 aliphatic rings. The summed E-state index contributed by atoms with van der Waals surface area (Å²) >= 11 is 0. The molecule has 0 spiro atoms. The van der Waals surface area contributed by atoms with Gasteiger partial charge < -0.3 is 10.1 Å². The molecule has 1 aromatic heterocycles. The molecule has 5 heteroatoms. The summed E-state index contributed by atoms with van der Waals surface area (Å²) in [6.07, 6.45) is 8.88. The van der Waals surface area contributed by atoms with Gasteiger partial charge in [-0.05, 0) is 6.42 Å². The Kier molecular flexibility index (Phi) is 4.28. The summed E-state index contributed by atoms with van der Waals surface area (Å²) < 4.78 is 4.51. The summed E-state index contributed by atoms with van der Waals surface area (Å²) in [6, 6.07) is -0.0849. The number of anilines is 1. The molecule has 1 N–H and O–H groups in total. The monoisotopic (exact) mass is 219 g/mol. The van der Waals surface area contributed by atoms with Crippen LogP contribution in [0.2, 0.25) is 0 Å². The topological polar surface area (TPSA) is 64.1 Å². The van der Waals surface area contributed by atoms with E-state index in [0.717, 1.165) is 6.42 Å². The second kappa shape index (κ2) is 5.71. The van der Waals surface area contributed by atoms with Crippen molar-refractivity contribution in [2.45, 2.75) is 19.4 Å². The maximum Gasteiger partial charge on any atom is 0.358 e. The molecule has 0 amide bonds. The van der Waals surface area contributed by atoms with E-state index in [1.54, 1.807) is 0 Å². The van der Waals surface area contributed by atoms with Crippen LogP contribution in [0, 0.1) is 12.3 Å². The zero-order valence-electron chi connectivity index (χ0n) is 9.23. The summed E-state index contributed by atoms with van der Waals surface area (Å²) in [4.78, 5) is 19.0. The lowest BCUT2D eigenvalue weighted by Crippen LogP contribution is -2.17. The number of hydrogen-bond acceptors (Lipinski definition) is 5. The van der Waals surface area contributed by atoms with Gasteiger partial charge in [-0.1, -0.05) is 12.8 Å². The quantitative estimate of drug-likeness (QED) is 0.606. The Morgan fingerprint density at radius 1 is 1.62 bits per heavy atom. The highest BCUT2D eigenvalue weighted by Gasteiger charge is 2.08. The molecule has 0 aliphatic carbocycles. The summed E-state index contributed by atoms with van der Waals surface area (Å²) in [5, 5.41) is 3.00. The molecule has 0 aliphatic heterocycles. The first kappa shape index (κ1) is 12.0. The Morgan fingerprint density at radius 2 is 2.38 bits per heavy atom. The number of methoxy groups -OCH3 is 1. The fourth-order valence-corrected chi connectivity index (χ4v) is 1.05. The van der Waals surface area contributed by atoms with Gasteiger partial charge in [-0.3, -0.25) is 0 Å². The van der Waals surface area contributed by atoms with Gasteiger partial charge in [-0.15, -0.1) is 6.42 Å². The van der Waals surface area contributed by atoms with Gasteiger partial charge in [-0.25, -0.2) is 14.8 Å². The molecule has 1 aromatic rings. The van der Waals surface area contributed by atoms with Crippen LogP contribution in [0.25, 0.3) is 0 Å². The minimum Gasteiger partial charge on any atom is -0.464 e. The predicted octanol–water partition coefficient (Wildman–Crippen LogP) is 1.09. The lowest BCUT2D eigenvalue weighted by molar-refractivity contribution is 0.0593. The number of terminal acetylenes is 1. The number of carbonyl (C=O) groups excluding carboxylic acids is 1. The van der Waals surface area contributed by atoms with Crippen molar-refractivity contribution in [1.82, 2.24) is 9.97 Å². The maximum absolute atomic E-state index is 11.1. The Labute approximate surface area is 94.2 Å². The standard InChI is InChI=1S/C11H13N3O2/c1-4-8(5-2)14-10-7-12-9(6-13-10)11(15)16-3/h1,6-8H,5H2,2-3H3,(H,13,14). The van der Waals surface area contributed by atoms with Gasteiger partial charge >= 0.3 is 5.97 Å². The van der Waals surface area contributed by atoms with Gasteiger partial charge in [-0.2, -0.15) is 0 Å². The van der Waals surface area contributed by atoms with E-state index in [1.165, 1.54) is 19.5 Å². The van der Waals surface area contributed by atoms with E-state index in [9.17, 15) is 4.79 Å². The van der Waals surface area contributed by atoms with Crippen molar-refractivity contribution in [2.75, 3.05) is 12.4 Å². The first-order valence-corrected chi connectivity index (χ1v) is 4.84. The van der Waals surface area contributed by atoms with E-state index in [-0.39, 0.29) is 11.7 Å². The van der Waals surface area contributed by atoms with E-state index in [1.807, 2.05) is 6.92 Å². The molecule has 1 unspecified atom stereocenters. The van der Waals surface area contributed by atoms with Crippen LogP contribution in [0.15, 0.2) is 12.4 Å². The van der Waals surface area contributed by atoms with Crippen molar-refractivity contribution < 1.29 is 9.53 Å². The minimum atomic E-state index is -0.511. The van der Waals surface area contributed by atoms with Crippen LogP contribution in [0.1, 0.15) is 23.8 Å². The number of esters is 1. The molecular weight excluding hydrogens is 206 g/mol. The average molecular weight is 219 g/mol. The highest BCUT2D eigenvalue weighted by molar-refractivity contribution is 5.86. The average Bonchev–Trinajstić information content (AvgIpc) is 2.35. The minimum absolute atomic E-state index is 0.0849. The number of nitrogens with one attached hydrogen (secondary N) is 1. The van der Waals surface area contributed by atoms with Gasteiger partial charge in [0.1, 0.15) is 5.82 Å². The lowest BCUT2D eigenvalue weighted by atomic mass is 10.2. The summed E-state index contributed by atoms with van der Waals surface area (Å²) in [6.45, 7) is 1.97. The van der Waals surface area contributed by atoms with Crippen LogP contribution in [0.5, 0.6) is 0 Å². The molecule has 1 heterocycles. The first-order valence-electron chi connectivity index (χ1n) is 4.84. The molecule has 0 fully saturated rings. The van der Waals surface area contributed by atoms with Crippen molar-refractivity contribution in [3.05, 3.63) is 18.1 Å². The Morgan fingerprint density at radius 3 is 2.81 bits per heavy atom. The smallest absolute Gasteiger partial charge is 0.358 e. The fourth-order valence-electron chi connectivity index (χ4n) is 1.05. The number of carbonyl (C=O) groups is 1. The summed E-state index contributed by atoms with van der Waals surface area (Å²) in [5.41, 5.74) is 0.168. The third kappa shape index (κ3) is 2.95. The molecule has 0 saturated carbocycles. The molecular formula is C11H13N3O2. The Bertz CT molecular complexity index is 395. The largest absolute Gasteiger partial charge is 0.464 e. The predicted molar refractivity (Wildman–Crippen MR) is 59.9 cm³/mol. The van der Waals surface area contributed by atoms with E-state index < -0.39 is 5.97 Å². The molecule has 0 bridgehead atoms. The van der Waals surface area contributed by atoms with Gasteiger partial charge in [0.05, 0.1) is 25.5 Å². The molecule has 84 valence electrons. The fraction of sp³-hybridized carbons (Fsp3) is 0.364. The van der Waals surface area contributed by atoms with Crippen LogP contribution in [0.3, 0.4) is 0 Å². The highest BCUT2D eigenvalue weighted by Crippen LogP contribution is 2.05. The van der Waals surface area contributed by atoms with E-state index in [4.69, 9.17) is 6.42 Å². The number of aromatic nitrogens is 2. The molecule has 1 atom stereocenters. The molecule has 5 nitrogen and oxygen atoms in total. The SMILES string of the molecule is C#CC(CC)Nc1cnc(C(=O)OC)cn1. The highest BCUT2D eigenvalue weighted by atomic mass is 16.5. The van der Waals surface area contributed by atoms with Gasteiger partial charge in [0, 0.05) is 0 Å². The third-order valence-electron chi connectivity index (χ3n) is 1.98. The second-order valence-electron chi connectivity index (χ2n) is 3.05. The first-order chi connectivity index (χ1) is 7.71. The maximum atomic E-state index is 11.1. The molecule has 0 saturated heterocycles. The molecule has 0 radical (unpaired) electrons. The van der Waals surface area contributed by atoms with Crippen LogP contribution < -0.4 is 5.32 Å². The third-order valence-corrected chi connectivity index (χ3v) is 1.98. The van der Waals surface area contributed by atoms with Crippen LogP contribution in [0.4, 0.5) is 5.82 Å². The molecule has 1 rings (SSSR count). The molecule has 16 heavy (non-hydrogen) atoms. The summed E-state index contributed by atoms with van der Waals surface area (Å²) in [5.74, 6) is 2.61. The van der Waals surface area contributed by atoms with Crippen LogP contribution in [-0.2, 0) is 4.74 Å². The van der Waals surface area contributed by atoms with Gasteiger partial charge in [0.25, 0.3) is 0 Å². The van der Waals surface area contributed by atoms with Crippen LogP contribution in [-0.4, -0.2) is 29.1 Å². The van der Waals surface area contributed by atoms with E-state index in [2.05, 4.69) is 25.9 Å². The number of hydrogen-bond donors (Lipinski definition) is 1. The number of nitrogens with zero attached hydrogens (tertiary/aromatic N) is 2. The van der Waals surface area contributed by atoms with Crippen molar-refractivity contribution in [1.29, 1.82) is 0 Å². The van der Waals surface area contributed by atoms with Crippen LogP contribution >= 0.6 is 0 Å². The normalized spacial score (nSPS) is 11.3. The van der Waals surface area contributed by atoms with Gasteiger partial charge in [0.15, 0.2) is 5.69 Å². The van der Waals surface area contributed by atoms with Crippen molar-refractivity contribution in [3.8, 4) is 12.3 Å². The van der Waals surface area contributed by atoms with Crippen molar-refractivity contribution in [2.24, 2.45) is 0 Å². The van der Waals surface area contributed by atoms with Gasteiger partial charge in [0.2, 0.25) is 0 Å². The molecule has 0 aromatic carbocycles. The van der Waals surface area contributed by atoms with E-state index >= 15 is 0 Å². The van der Waals surface area contributed by atoms with Crippen molar-refractivity contribution >= 4 is 11.8 Å². The second-order valence-corrected chi connectivity index (χ2v) is 3.05. The number of rotatable bonds is 4.